The Hall–Kier alpha value is -3.53. The molecule has 2 amide bonds. The van der Waals surface area contributed by atoms with Crippen molar-refractivity contribution in [2.45, 2.75) is 19.8 Å². The molecule has 0 unspecified atom stereocenters. The molecule has 29 heavy (non-hydrogen) atoms. The van der Waals surface area contributed by atoms with Crippen molar-refractivity contribution in [3.63, 3.8) is 0 Å². The van der Waals surface area contributed by atoms with Crippen LogP contribution in [0.15, 0.2) is 48.5 Å². The molecule has 0 bridgehead atoms. The van der Waals surface area contributed by atoms with Crippen LogP contribution in [0.5, 0.6) is 11.5 Å². The summed E-state index contributed by atoms with van der Waals surface area (Å²) >= 11 is 0. The summed E-state index contributed by atoms with van der Waals surface area (Å²) in [5.41, 5.74) is 1.43. The molecule has 0 radical (unpaired) electrons. The van der Waals surface area contributed by atoms with Gasteiger partial charge in [-0.2, -0.15) is 5.26 Å². The Balaban J connectivity index is 1.92. The molecule has 2 aromatic carbocycles. The summed E-state index contributed by atoms with van der Waals surface area (Å²) in [6, 6.07) is 16.2. The van der Waals surface area contributed by atoms with E-state index in [2.05, 4.69) is 11.4 Å². The molecule has 0 spiro atoms. The average Bonchev–Trinajstić information content (AvgIpc) is 2.73. The summed E-state index contributed by atoms with van der Waals surface area (Å²) in [7, 11) is 1.53. The van der Waals surface area contributed by atoms with E-state index < -0.39 is 0 Å². The van der Waals surface area contributed by atoms with Gasteiger partial charge in [0.2, 0.25) is 5.91 Å². The molecule has 0 aliphatic rings. The summed E-state index contributed by atoms with van der Waals surface area (Å²) in [5, 5.41) is 11.5. The van der Waals surface area contributed by atoms with E-state index in [4.69, 9.17) is 14.7 Å². The smallest absolute Gasteiger partial charge is 0.260 e. The highest BCUT2D eigenvalue weighted by Gasteiger charge is 2.18. The van der Waals surface area contributed by atoms with Crippen LogP contribution in [0.2, 0.25) is 0 Å². The molecule has 0 aromatic heterocycles. The van der Waals surface area contributed by atoms with Gasteiger partial charge in [0.05, 0.1) is 31.8 Å². The molecule has 0 fully saturated rings. The van der Waals surface area contributed by atoms with Crippen LogP contribution in [0, 0.1) is 11.3 Å². The quantitative estimate of drug-likeness (QED) is 0.668. The van der Waals surface area contributed by atoms with Crippen molar-refractivity contribution in [2.75, 3.05) is 32.1 Å². The molecule has 0 heterocycles. The number of ether oxygens (including phenoxy) is 2. The molecule has 0 aliphatic heterocycles. The highest BCUT2D eigenvalue weighted by molar-refractivity contribution is 5.95. The monoisotopic (exact) mass is 395 g/mol. The van der Waals surface area contributed by atoms with Crippen LogP contribution < -0.4 is 14.8 Å². The summed E-state index contributed by atoms with van der Waals surface area (Å²) in [4.78, 5) is 26.4. The minimum Gasteiger partial charge on any atom is -0.495 e. The predicted molar refractivity (Wildman–Crippen MR) is 110 cm³/mol. The van der Waals surface area contributed by atoms with Gasteiger partial charge in [-0.3, -0.25) is 9.59 Å². The number of amides is 2. The Morgan fingerprint density at radius 1 is 1.14 bits per heavy atom. The standard InChI is InChI=1S/C22H25N3O4/c1-3-14-25(15-21(26)24-19-6-4-5-7-20(19)28-2)22(27)16-29-18-10-8-17(9-11-18)12-13-23/h4-11H,3,12,14-16H2,1-2H3,(H,24,26). The highest BCUT2D eigenvalue weighted by Crippen LogP contribution is 2.22. The summed E-state index contributed by atoms with van der Waals surface area (Å²) in [5.74, 6) is 0.507. The summed E-state index contributed by atoms with van der Waals surface area (Å²) < 4.78 is 10.8. The number of carbonyl (C=O) groups is 2. The van der Waals surface area contributed by atoms with E-state index in [0.29, 0.717) is 30.2 Å². The van der Waals surface area contributed by atoms with E-state index in [1.165, 1.54) is 12.0 Å². The van der Waals surface area contributed by atoms with E-state index in [1.807, 2.05) is 13.0 Å². The molecule has 0 saturated heterocycles. The van der Waals surface area contributed by atoms with Crippen molar-refractivity contribution in [2.24, 2.45) is 0 Å². The zero-order chi connectivity index (χ0) is 21.1. The van der Waals surface area contributed by atoms with Gasteiger partial charge in [0, 0.05) is 6.54 Å². The van der Waals surface area contributed by atoms with E-state index in [0.717, 1.165) is 12.0 Å². The van der Waals surface area contributed by atoms with E-state index in [9.17, 15) is 9.59 Å². The van der Waals surface area contributed by atoms with Gasteiger partial charge in [-0.15, -0.1) is 0 Å². The third-order valence-electron chi connectivity index (χ3n) is 4.13. The molecule has 7 heteroatoms. The van der Waals surface area contributed by atoms with Gasteiger partial charge in [-0.05, 0) is 36.2 Å². The van der Waals surface area contributed by atoms with E-state index in [1.54, 1.807) is 42.5 Å². The van der Waals surface area contributed by atoms with E-state index in [-0.39, 0.29) is 25.0 Å². The maximum Gasteiger partial charge on any atom is 0.260 e. The number of nitrogens with zero attached hydrogens (tertiary/aromatic N) is 2. The Morgan fingerprint density at radius 2 is 1.86 bits per heavy atom. The number of nitriles is 1. The average molecular weight is 395 g/mol. The van der Waals surface area contributed by atoms with Crippen LogP contribution in [-0.4, -0.2) is 43.5 Å². The van der Waals surface area contributed by atoms with Gasteiger partial charge in [0.25, 0.3) is 5.91 Å². The molecule has 2 rings (SSSR count). The molecule has 2 aromatic rings. The van der Waals surface area contributed by atoms with E-state index >= 15 is 0 Å². The van der Waals surface area contributed by atoms with Gasteiger partial charge in [0.15, 0.2) is 6.61 Å². The molecule has 0 saturated carbocycles. The summed E-state index contributed by atoms with van der Waals surface area (Å²) in [6.07, 6.45) is 1.04. The second-order valence-corrected chi connectivity index (χ2v) is 6.33. The second-order valence-electron chi connectivity index (χ2n) is 6.33. The zero-order valence-corrected chi connectivity index (χ0v) is 16.7. The van der Waals surface area contributed by atoms with Crippen molar-refractivity contribution in [3.8, 4) is 17.6 Å². The number of anilines is 1. The van der Waals surface area contributed by atoms with Crippen molar-refractivity contribution in [1.29, 1.82) is 5.26 Å². The van der Waals surface area contributed by atoms with Crippen LogP contribution >= 0.6 is 0 Å². The molecular weight excluding hydrogens is 370 g/mol. The Kier molecular flexibility index (Phi) is 8.51. The van der Waals surface area contributed by atoms with Crippen LogP contribution in [0.1, 0.15) is 18.9 Å². The SMILES string of the molecule is CCCN(CC(=O)Nc1ccccc1OC)C(=O)COc1ccc(CC#N)cc1. The fraction of sp³-hybridized carbons (Fsp3) is 0.318. The Bertz CT molecular complexity index is 859. The summed E-state index contributed by atoms with van der Waals surface area (Å²) in [6.45, 7) is 2.14. The number of methoxy groups -OCH3 is 1. The Labute approximate surface area is 170 Å². The topological polar surface area (TPSA) is 91.7 Å². The lowest BCUT2D eigenvalue weighted by atomic mass is 10.2. The highest BCUT2D eigenvalue weighted by atomic mass is 16.5. The van der Waals surface area contributed by atoms with Gasteiger partial charge < -0.3 is 19.7 Å². The molecule has 0 atom stereocenters. The zero-order valence-electron chi connectivity index (χ0n) is 16.7. The van der Waals surface area contributed by atoms with Crippen molar-refractivity contribution >= 4 is 17.5 Å². The van der Waals surface area contributed by atoms with Gasteiger partial charge in [-0.1, -0.05) is 31.2 Å². The predicted octanol–water partition coefficient (Wildman–Crippen LogP) is 3.02. The number of para-hydroxylation sites is 2. The lowest BCUT2D eigenvalue weighted by Crippen LogP contribution is -2.41. The van der Waals surface area contributed by atoms with Crippen LogP contribution in [-0.2, 0) is 16.0 Å². The number of hydrogen-bond acceptors (Lipinski definition) is 5. The lowest BCUT2D eigenvalue weighted by molar-refractivity contribution is -0.136. The minimum atomic E-state index is -0.308. The van der Waals surface area contributed by atoms with Gasteiger partial charge in [0.1, 0.15) is 11.5 Å². The van der Waals surface area contributed by atoms with Crippen molar-refractivity contribution in [3.05, 3.63) is 54.1 Å². The molecule has 0 aliphatic carbocycles. The maximum absolute atomic E-state index is 12.5. The van der Waals surface area contributed by atoms with Gasteiger partial charge >= 0.3 is 0 Å². The van der Waals surface area contributed by atoms with Crippen molar-refractivity contribution < 1.29 is 19.1 Å². The van der Waals surface area contributed by atoms with Crippen LogP contribution in [0.25, 0.3) is 0 Å². The van der Waals surface area contributed by atoms with Crippen molar-refractivity contribution in [1.82, 2.24) is 4.90 Å². The molecule has 1 N–H and O–H groups in total. The normalized spacial score (nSPS) is 9.97. The fourth-order valence-corrected chi connectivity index (χ4v) is 2.70. The number of benzene rings is 2. The Morgan fingerprint density at radius 3 is 2.52 bits per heavy atom. The molecule has 152 valence electrons. The number of carbonyl (C=O) groups excluding carboxylic acids is 2. The largest absolute Gasteiger partial charge is 0.495 e. The minimum absolute atomic E-state index is 0.0742. The first-order chi connectivity index (χ1) is 14.1. The number of hydrogen-bond donors (Lipinski definition) is 1. The number of rotatable bonds is 10. The molecular formula is C22H25N3O4. The van der Waals surface area contributed by atoms with Crippen LogP contribution in [0.4, 0.5) is 5.69 Å². The van der Waals surface area contributed by atoms with Crippen LogP contribution in [0.3, 0.4) is 0 Å². The molecule has 7 nitrogen and oxygen atoms in total. The first-order valence-corrected chi connectivity index (χ1v) is 9.36. The lowest BCUT2D eigenvalue weighted by Gasteiger charge is -2.22. The van der Waals surface area contributed by atoms with Gasteiger partial charge in [-0.25, -0.2) is 0 Å². The first kappa shape index (κ1) is 21.8. The fourth-order valence-electron chi connectivity index (χ4n) is 2.70. The third-order valence-corrected chi connectivity index (χ3v) is 4.13. The maximum atomic E-state index is 12.5. The number of nitrogens with one attached hydrogen (secondary N) is 1. The second kappa shape index (κ2) is 11.3. The first-order valence-electron chi connectivity index (χ1n) is 9.36. The third kappa shape index (κ3) is 6.85.